The molecule has 0 radical (unpaired) electrons. The minimum atomic E-state index is -0.234. The molecule has 0 saturated heterocycles. The lowest BCUT2D eigenvalue weighted by molar-refractivity contribution is 0.0916. The summed E-state index contributed by atoms with van der Waals surface area (Å²) in [5, 5.41) is 11.9. The largest absolute Gasteiger partial charge is 0.394 e. The lowest BCUT2D eigenvalue weighted by Crippen LogP contribution is -2.37. The van der Waals surface area contributed by atoms with E-state index in [1.54, 1.807) is 24.5 Å². The van der Waals surface area contributed by atoms with E-state index in [1.807, 2.05) is 13.0 Å². The number of benzene rings is 1. The molecule has 5 nitrogen and oxygen atoms in total. The molecule has 0 spiro atoms. The van der Waals surface area contributed by atoms with Crippen LogP contribution in [0.2, 0.25) is 0 Å². The Kier molecular flexibility index (Phi) is 3.84. The minimum absolute atomic E-state index is 0.0707. The van der Waals surface area contributed by atoms with Gasteiger partial charge in [0.05, 0.1) is 23.7 Å². The Morgan fingerprint density at radius 2 is 2.17 bits per heavy atom. The third-order valence-electron chi connectivity index (χ3n) is 2.79. The zero-order valence-electron chi connectivity index (χ0n) is 10.1. The molecule has 2 N–H and O–H groups in total. The summed E-state index contributed by atoms with van der Waals surface area (Å²) in [4.78, 5) is 20.4. The lowest BCUT2D eigenvalue weighted by Gasteiger charge is -2.14. The molecule has 18 heavy (non-hydrogen) atoms. The highest BCUT2D eigenvalue weighted by atomic mass is 16.3. The van der Waals surface area contributed by atoms with Gasteiger partial charge >= 0.3 is 0 Å². The van der Waals surface area contributed by atoms with E-state index in [1.165, 1.54) is 0 Å². The highest BCUT2D eigenvalue weighted by Crippen LogP contribution is 2.13. The number of carbonyl (C=O) groups is 1. The van der Waals surface area contributed by atoms with Gasteiger partial charge in [0, 0.05) is 12.4 Å². The third kappa shape index (κ3) is 2.46. The number of hydrogen-bond donors (Lipinski definition) is 2. The molecule has 1 heterocycles. The highest BCUT2D eigenvalue weighted by Gasteiger charge is 2.14. The third-order valence-corrected chi connectivity index (χ3v) is 2.79. The van der Waals surface area contributed by atoms with Gasteiger partial charge in [0.2, 0.25) is 0 Å². The van der Waals surface area contributed by atoms with E-state index in [-0.39, 0.29) is 18.6 Å². The average molecular weight is 245 g/mol. The molecule has 1 amide bonds. The fourth-order valence-corrected chi connectivity index (χ4v) is 1.72. The first-order chi connectivity index (χ1) is 8.76. The second-order valence-electron chi connectivity index (χ2n) is 3.99. The summed E-state index contributed by atoms with van der Waals surface area (Å²) in [5.41, 5.74) is 1.74. The summed E-state index contributed by atoms with van der Waals surface area (Å²) in [5.74, 6) is -0.234. The van der Waals surface area contributed by atoms with Crippen LogP contribution in [0.3, 0.4) is 0 Å². The predicted molar refractivity (Wildman–Crippen MR) is 68.2 cm³/mol. The van der Waals surface area contributed by atoms with Gasteiger partial charge in [-0.05, 0) is 18.6 Å². The Morgan fingerprint density at radius 3 is 2.89 bits per heavy atom. The normalized spacial score (nSPS) is 12.3. The first kappa shape index (κ1) is 12.4. The molecule has 2 aromatic rings. The molecule has 1 aromatic carbocycles. The van der Waals surface area contributed by atoms with Gasteiger partial charge in [0.15, 0.2) is 0 Å². The van der Waals surface area contributed by atoms with Gasteiger partial charge in [-0.15, -0.1) is 0 Å². The van der Waals surface area contributed by atoms with Crippen LogP contribution in [0.15, 0.2) is 30.6 Å². The van der Waals surface area contributed by atoms with Crippen molar-refractivity contribution in [1.82, 2.24) is 15.3 Å². The summed E-state index contributed by atoms with van der Waals surface area (Å²) in [6.07, 6.45) is 3.83. The number of aromatic nitrogens is 2. The van der Waals surface area contributed by atoms with Crippen LogP contribution in [-0.4, -0.2) is 33.6 Å². The minimum Gasteiger partial charge on any atom is -0.394 e. The van der Waals surface area contributed by atoms with Crippen LogP contribution in [-0.2, 0) is 0 Å². The van der Waals surface area contributed by atoms with Crippen LogP contribution in [0.5, 0.6) is 0 Å². The summed E-state index contributed by atoms with van der Waals surface area (Å²) >= 11 is 0. The van der Waals surface area contributed by atoms with Crippen molar-refractivity contribution >= 4 is 16.9 Å². The highest BCUT2D eigenvalue weighted by molar-refractivity contribution is 6.04. The van der Waals surface area contributed by atoms with Gasteiger partial charge in [0.1, 0.15) is 5.52 Å². The number of carbonyl (C=O) groups excluding carboxylic acids is 1. The standard InChI is InChI=1S/C13H15N3O2/c1-2-9(8-17)16-13(18)10-4-3-5-11-12(10)15-7-6-14-11/h3-7,9,17H,2,8H2,1H3,(H,16,18)/t9-/m1/s1. The van der Waals surface area contributed by atoms with Gasteiger partial charge in [-0.2, -0.15) is 0 Å². The Morgan fingerprint density at radius 1 is 1.39 bits per heavy atom. The molecule has 0 aliphatic carbocycles. The van der Waals surface area contributed by atoms with Crippen molar-refractivity contribution in [3.05, 3.63) is 36.2 Å². The zero-order valence-corrected chi connectivity index (χ0v) is 10.1. The number of nitrogens with one attached hydrogen (secondary N) is 1. The van der Waals surface area contributed by atoms with Crippen molar-refractivity contribution in [3.63, 3.8) is 0 Å². The molecule has 0 unspecified atom stereocenters. The van der Waals surface area contributed by atoms with Crippen molar-refractivity contribution in [2.75, 3.05) is 6.61 Å². The topological polar surface area (TPSA) is 75.1 Å². The number of fused-ring (bicyclic) bond motifs is 1. The Balaban J connectivity index is 2.33. The van der Waals surface area contributed by atoms with Gasteiger partial charge in [0.25, 0.3) is 5.91 Å². The van der Waals surface area contributed by atoms with E-state index in [9.17, 15) is 4.79 Å². The van der Waals surface area contributed by atoms with Crippen LogP contribution in [0.4, 0.5) is 0 Å². The second-order valence-corrected chi connectivity index (χ2v) is 3.99. The molecule has 0 fully saturated rings. The molecule has 0 aliphatic heterocycles. The summed E-state index contributed by atoms with van der Waals surface area (Å²) in [7, 11) is 0. The van der Waals surface area contributed by atoms with E-state index in [0.29, 0.717) is 23.0 Å². The van der Waals surface area contributed by atoms with Crippen LogP contribution in [0, 0.1) is 0 Å². The Labute approximate surface area is 105 Å². The van der Waals surface area contributed by atoms with Crippen molar-refractivity contribution in [2.45, 2.75) is 19.4 Å². The number of aliphatic hydroxyl groups is 1. The van der Waals surface area contributed by atoms with E-state index in [2.05, 4.69) is 15.3 Å². The molecule has 5 heteroatoms. The monoisotopic (exact) mass is 245 g/mol. The van der Waals surface area contributed by atoms with E-state index in [0.717, 1.165) is 0 Å². The maximum atomic E-state index is 12.1. The number of amides is 1. The molecule has 1 atom stereocenters. The van der Waals surface area contributed by atoms with Gasteiger partial charge in [-0.25, -0.2) is 0 Å². The zero-order chi connectivity index (χ0) is 13.0. The van der Waals surface area contributed by atoms with Gasteiger partial charge < -0.3 is 10.4 Å². The van der Waals surface area contributed by atoms with Gasteiger partial charge in [-0.1, -0.05) is 13.0 Å². The number of aliphatic hydroxyl groups excluding tert-OH is 1. The molecular weight excluding hydrogens is 230 g/mol. The van der Waals surface area contributed by atoms with Crippen LogP contribution in [0.1, 0.15) is 23.7 Å². The van der Waals surface area contributed by atoms with Crippen molar-refractivity contribution in [2.24, 2.45) is 0 Å². The SMILES string of the molecule is CC[C@H](CO)NC(=O)c1cccc2nccnc12. The Hall–Kier alpha value is -2.01. The smallest absolute Gasteiger partial charge is 0.253 e. The first-order valence-electron chi connectivity index (χ1n) is 5.87. The molecule has 0 bridgehead atoms. The number of nitrogens with zero attached hydrogens (tertiary/aromatic N) is 2. The van der Waals surface area contributed by atoms with E-state index < -0.39 is 0 Å². The fraction of sp³-hybridized carbons (Fsp3) is 0.308. The van der Waals surface area contributed by atoms with Crippen molar-refractivity contribution < 1.29 is 9.90 Å². The summed E-state index contributed by atoms with van der Waals surface area (Å²) in [6.45, 7) is 1.84. The predicted octanol–water partition coefficient (Wildman–Crippen LogP) is 1.13. The first-order valence-corrected chi connectivity index (χ1v) is 5.87. The Bertz CT molecular complexity index is 547. The van der Waals surface area contributed by atoms with Crippen LogP contribution < -0.4 is 5.32 Å². The van der Waals surface area contributed by atoms with Crippen molar-refractivity contribution in [1.29, 1.82) is 0 Å². The summed E-state index contributed by atoms with van der Waals surface area (Å²) < 4.78 is 0. The quantitative estimate of drug-likeness (QED) is 0.846. The molecule has 0 saturated carbocycles. The maximum Gasteiger partial charge on any atom is 0.253 e. The summed E-state index contributed by atoms with van der Waals surface area (Å²) in [6, 6.07) is 5.05. The molecule has 1 aromatic heterocycles. The molecule has 0 aliphatic rings. The van der Waals surface area contributed by atoms with E-state index >= 15 is 0 Å². The van der Waals surface area contributed by atoms with Crippen LogP contribution >= 0.6 is 0 Å². The number of rotatable bonds is 4. The van der Waals surface area contributed by atoms with Gasteiger partial charge in [-0.3, -0.25) is 14.8 Å². The second kappa shape index (κ2) is 5.55. The average Bonchev–Trinajstić information content (AvgIpc) is 2.43. The molecule has 94 valence electrons. The van der Waals surface area contributed by atoms with Crippen molar-refractivity contribution in [3.8, 4) is 0 Å². The number of para-hydroxylation sites is 1. The molecule has 2 rings (SSSR count). The van der Waals surface area contributed by atoms with E-state index in [4.69, 9.17) is 5.11 Å². The molecular formula is C13H15N3O2. The maximum absolute atomic E-state index is 12.1. The lowest BCUT2D eigenvalue weighted by atomic mass is 10.1. The van der Waals surface area contributed by atoms with Crippen LogP contribution in [0.25, 0.3) is 11.0 Å². The number of hydrogen-bond acceptors (Lipinski definition) is 4. The fourth-order valence-electron chi connectivity index (χ4n) is 1.72.